The van der Waals surface area contributed by atoms with Gasteiger partial charge in [0.1, 0.15) is 0 Å². The van der Waals surface area contributed by atoms with Gasteiger partial charge >= 0.3 is 6.09 Å². The Bertz CT molecular complexity index is 668. The first kappa shape index (κ1) is 17.6. The van der Waals surface area contributed by atoms with Crippen LogP contribution in [0.15, 0.2) is 6.20 Å². The maximum absolute atomic E-state index is 10.8. The van der Waals surface area contributed by atoms with E-state index in [2.05, 4.69) is 25.1 Å². The highest BCUT2D eigenvalue weighted by molar-refractivity contribution is 6.28. The minimum Gasteiger partial charge on any atom is -0.465 e. The van der Waals surface area contributed by atoms with Crippen LogP contribution in [0.2, 0.25) is 5.28 Å². The van der Waals surface area contributed by atoms with Crippen molar-refractivity contribution in [3.63, 3.8) is 0 Å². The number of nitrogens with one attached hydrogen (secondary N) is 1. The molecule has 9 heteroatoms. The Morgan fingerprint density at radius 3 is 2.96 bits per heavy atom. The number of carboxylic acid groups (broad SMARTS) is 1. The number of morpholine rings is 1. The predicted molar refractivity (Wildman–Crippen MR) is 98.1 cm³/mol. The Balaban J connectivity index is 1.46. The van der Waals surface area contributed by atoms with Gasteiger partial charge in [-0.3, -0.25) is 0 Å². The zero-order chi connectivity index (χ0) is 18.1. The Kier molecular flexibility index (Phi) is 5.04. The number of fused-ring (bicyclic) bond motifs is 3. The lowest BCUT2D eigenvalue weighted by Gasteiger charge is -2.46. The van der Waals surface area contributed by atoms with Crippen LogP contribution in [0.5, 0.6) is 0 Å². The summed E-state index contributed by atoms with van der Waals surface area (Å²) in [6.07, 6.45) is 4.74. The van der Waals surface area contributed by atoms with Crippen molar-refractivity contribution in [1.82, 2.24) is 15.3 Å². The van der Waals surface area contributed by atoms with Crippen LogP contribution in [-0.4, -0.2) is 66.1 Å². The molecular weight excluding hydrogens is 358 g/mol. The third kappa shape index (κ3) is 3.66. The fraction of sp³-hybridized carbons (Fsp3) is 0.706. The Hall–Kier alpha value is -1.80. The van der Waals surface area contributed by atoms with Crippen molar-refractivity contribution >= 4 is 29.2 Å². The number of hydrogen-bond donors (Lipinski definition) is 2. The fourth-order valence-electron chi connectivity index (χ4n) is 4.37. The molecule has 1 saturated carbocycles. The summed E-state index contributed by atoms with van der Waals surface area (Å²) in [4.78, 5) is 24.1. The average Bonchev–Trinajstić information content (AvgIpc) is 2.63. The van der Waals surface area contributed by atoms with E-state index in [9.17, 15) is 4.79 Å². The van der Waals surface area contributed by atoms with E-state index in [1.807, 2.05) is 6.20 Å². The number of ether oxygens (including phenoxy) is 1. The van der Waals surface area contributed by atoms with E-state index >= 15 is 0 Å². The van der Waals surface area contributed by atoms with E-state index in [4.69, 9.17) is 21.4 Å². The number of nitrogens with zero attached hydrogens (tertiary/aromatic N) is 4. The van der Waals surface area contributed by atoms with Crippen molar-refractivity contribution in [2.24, 2.45) is 5.92 Å². The van der Waals surface area contributed by atoms with Crippen molar-refractivity contribution in [3.8, 4) is 0 Å². The van der Waals surface area contributed by atoms with Gasteiger partial charge in [0.15, 0.2) is 5.82 Å². The van der Waals surface area contributed by atoms with E-state index in [0.717, 1.165) is 56.8 Å². The summed E-state index contributed by atoms with van der Waals surface area (Å²) in [5, 5.41) is 11.8. The monoisotopic (exact) mass is 381 g/mol. The Labute approximate surface area is 157 Å². The van der Waals surface area contributed by atoms with Gasteiger partial charge in [-0.2, -0.15) is 4.98 Å². The highest BCUT2D eigenvalue weighted by Crippen LogP contribution is 2.37. The minimum absolute atomic E-state index is 0.0850. The molecule has 4 rings (SSSR count). The molecule has 3 aliphatic rings. The van der Waals surface area contributed by atoms with Gasteiger partial charge in [0.05, 0.1) is 31.1 Å². The zero-order valence-electron chi connectivity index (χ0n) is 14.6. The first-order valence-corrected chi connectivity index (χ1v) is 9.59. The zero-order valence-corrected chi connectivity index (χ0v) is 15.4. The molecule has 0 spiro atoms. The topological polar surface area (TPSA) is 90.8 Å². The van der Waals surface area contributed by atoms with E-state index in [0.29, 0.717) is 19.1 Å². The molecule has 8 nitrogen and oxygen atoms in total. The van der Waals surface area contributed by atoms with Crippen LogP contribution in [-0.2, 0) is 4.74 Å². The van der Waals surface area contributed by atoms with Crippen molar-refractivity contribution in [3.05, 3.63) is 11.5 Å². The lowest BCUT2D eigenvalue weighted by atomic mass is 9.85. The molecule has 142 valence electrons. The van der Waals surface area contributed by atoms with Gasteiger partial charge in [0.25, 0.3) is 0 Å². The van der Waals surface area contributed by atoms with E-state index in [1.165, 1.54) is 0 Å². The lowest BCUT2D eigenvalue weighted by molar-refractivity contribution is 0.0932. The second-order valence-electron chi connectivity index (χ2n) is 7.34. The van der Waals surface area contributed by atoms with Gasteiger partial charge in [0.2, 0.25) is 5.28 Å². The van der Waals surface area contributed by atoms with Crippen LogP contribution in [0.4, 0.5) is 16.3 Å². The minimum atomic E-state index is -0.926. The summed E-state index contributed by atoms with van der Waals surface area (Å²) < 4.78 is 5.66. The Morgan fingerprint density at radius 1 is 1.38 bits per heavy atom. The molecule has 1 unspecified atom stereocenters. The lowest BCUT2D eigenvalue weighted by Crippen LogP contribution is -2.56. The van der Waals surface area contributed by atoms with Crippen molar-refractivity contribution in [1.29, 1.82) is 0 Å². The molecule has 1 saturated heterocycles. The van der Waals surface area contributed by atoms with Gasteiger partial charge in [-0.25, -0.2) is 9.78 Å². The summed E-state index contributed by atoms with van der Waals surface area (Å²) in [6, 6.07) is 0.369. The maximum Gasteiger partial charge on any atom is 0.404 e. The molecule has 0 aromatic carbocycles. The largest absolute Gasteiger partial charge is 0.465 e. The molecule has 1 aromatic rings. The summed E-state index contributed by atoms with van der Waals surface area (Å²) in [6.45, 7) is 4.06. The summed E-state index contributed by atoms with van der Waals surface area (Å²) in [7, 11) is 0. The van der Waals surface area contributed by atoms with Crippen LogP contribution >= 0.6 is 11.6 Å². The number of rotatable bonds is 3. The number of amides is 1. The second kappa shape index (κ2) is 7.44. The third-order valence-corrected chi connectivity index (χ3v) is 5.83. The molecular formula is C17H24ClN5O3. The van der Waals surface area contributed by atoms with E-state index in [-0.39, 0.29) is 17.4 Å². The molecule has 1 atom stereocenters. The van der Waals surface area contributed by atoms with Crippen molar-refractivity contribution < 1.29 is 14.6 Å². The molecule has 0 radical (unpaired) electrons. The second-order valence-corrected chi connectivity index (χ2v) is 7.68. The number of aromatic nitrogens is 2. The van der Waals surface area contributed by atoms with E-state index in [1.54, 1.807) is 0 Å². The molecule has 1 amide bonds. The third-order valence-electron chi connectivity index (χ3n) is 5.64. The molecule has 0 bridgehead atoms. The molecule has 1 aliphatic carbocycles. The first-order valence-electron chi connectivity index (χ1n) is 9.21. The maximum atomic E-state index is 10.8. The molecule has 2 fully saturated rings. The average molecular weight is 382 g/mol. The molecule has 26 heavy (non-hydrogen) atoms. The van der Waals surface area contributed by atoms with Gasteiger partial charge in [-0.05, 0) is 43.2 Å². The number of hydrogen-bond acceptors (Lipinski definition) is 6. The summed E-state index contributed by atoms with van der Waals surface area (Å²) in [5.74, 6) is 1.45. The SMILES string of the molecule is O=C(O)NC1CCC(CN2CC3COCCN3c3nc(Cl)ncc32)CC1. The smallest absolute Gasteiger partial charge is 0.404 e. The molecule has 3 heterocycles. The van der Waals surface area contributed by atoms with Gasteiger partial charge in [-0.1, -0.05) is 0 Å². The number of halogens is 1. The normalized spacial score (nSPS) is 28.3. The predicted octanol–water partition coefficient (Wildman–Crippen LogP) is 1.98. The van der Waals surface area contributed by atoms with Crippen molar-refractivity contribution in [2.75, 3.05) is 42.6 Å². The summed E-state index contributed by atoms with van der Waals surface area (Å²) >= 11 is 6.05. The van der Waals surface area contributed by atoms with E-state index < -0.39 is 6.09 Å². The van der Waals surface area contributed by atoms with Crippen molar-refractivity contribution in [2.45, 2.75) is 37.8 Å². The standard InChI is InChI=1S/C17H24ClN5O3/c18-16-19-7-14-15(21-16)23-5-6-26-10-13(23)9-22(14)8-11-1-3-12(4-2-11)20-17(24)25/h7,11-13,20H,1-6,8-10H2,(H,24,25). The van der Waals surface area contributed by atoms with Crippen LogP contribution in [0.3, 0.4) is 0 Å². The molecule has 1 aromatic heterocycles. The molecule has 2 N–H and O–H groups in total. The fourth-order valence-corrected chi connectivity index (χ4v) is 4.50. The highest BCUT2D eigenvalue weighted by Gasteiger charge is 2.36. The Morgan fingerprint density at radius 2 is 2.19 bits per heavy atom. The van der Waals surface area contributed by atoms with Gasteiger partial charge in [0, 0.05) is 25.7 Å². The first-order chi connectivity index (χ1) is 12.6. The van der Waals surface area contributed by atoms with Gasteiger partial charge in [-0.15, -0.1) is 0 Å². The van der Waals surface area contributed by atoms with Crippen LogP contribution in [0.25, 0.3) is 0 Å². The van der Waals surface area contributed by atoms with Crippen LogP contribution < -0.4 is 15.1 Å². The highest BCUT2D eigenvalue weighted by atomic mass is 35.5. The van der Waals surface area contributed by atoms with Crippen LogP contribution in [0.1, 0.15) is 25.7 Å². The quantitative estimate of drug-likeness (QED) is 0.773. The van der Waals surface area contributed by atoms with Gasteiger partial charge < -0.3 is 25.0 Å². The molecule has 2 aliphatic heterocycles. The number of carbonyl (C=O) groups is 1. The number of anilines is 2. The summed E-state index contributed by atoms with van der Waals surface area (Å²) in [5.41, 5.74) is 1.04. The van der Waals surface area contributed by atoms with Crippen LogP contribution in [0, 0.1) is 5.92 Å².